The molecule has 22 heavy (non-hydrogen) atoms. The number of aromatic hydroxyl groups is 2. The first kappa shape index (κ1) is 15.2. The molecule has 0 bridgehead atoms. The number of phenols is 2. The molecule has 1 aromatic heterocycles. The van der Waals surface area contributed by atoms with E-state index in [1.54, 1.807) is 0 Å². The third-order valence-corrected chi connectivity index (χ3v) is 2.42. The topological polar surface area (TPSA) is 156 Å². The number of carbonyl (C=O) groups is 1. The fourth-order valence-corrected chi connectivity index (χ4v) is 1.45. The Hall–Kier alpha value is -3.18. The van der Waals surface area contributed by atoms with Crippen molar-refractivity contribution in [3.8, 4) is 11.5 Å². The largest absolute Gasteiger partial charge is 0.508 e. The van der Waals surface area contributed by atoms with E-state index in [4.69, 9.17) is 15.5 Å². The number of anilines is 1. The van der Waals surface area contributed by atoms with Gasteiger partial charge in [-0.25, -0.2) is 10.1 Å². The molecule has 0 saturated carbocycles. The summed E-state index contributed by atoms with van der Waals surface area (Å²) in [5.41, 5.74) is 2.49. The molecule has 1 amide bonds. The number of benzene rings is 1. The van der Waals surface area contributed by atoms with Crippen molar-refractivity contribution in [2.24, 2.45) is 5.10 Å². The molecule has 11 heteroatoms. The van der Waals surface area contributed by atoms with E-state index in [1.807, 2.05) is 0 Å². The van der Waals surface area contributed by atoms with Gasteiger partial charge in [0.1, 0.15) is 24.4 Å². The molecule has 0 radical (unpaired) electrons. The predicted molar refractivity (Wildman–Crippen MR) is 71.6 cm³/mol. The highest BCUT2D eigenvalue weighted by Crippen LogP contribution is 2.20. The maximum atomic E-state index is 11.6. The number of nitrogens with zero attached hydrogens (tertiary/aromatic N) is 5. The van der Waals surface area contributed by atoms with E-state index in [0.29, 0.717) is 5.56 Å². The van der Waals surface area contributed by atoms with Crippen molar-refractivity contribution in [2.75, 3.05) is 5.23 Å². The number of aromatic nitrogens is 3. The van der Waals surface area contributed by atoms with Gasteiger partial charge in [0.25, 0.3) is 11.9 Å². The van der Waals surface area contributed by atoms with Crippen LogP contribution in [0.5, 0.6) is 11.5 Å². The molecule has 2 rings (SSSR count). The Labute approximate surface area is 123 Å². The zero-order valence-corrected chi connectivity index (χ0v) is 11.0. The van der Waals surface area contributed by atoms with Crippen LogP contribution in [0, 0.1) is 0 Å². The molecule has 0 spiro atoms. The van der Waals surface area contributed by atoms with Gasteiger partial charge in [-0.3, -0.25) is 15.2 Å². The fraction of sp³-hybridized carbons (Fsp3) is 0.0909. The van der Waals surface area contributed by atoms with Gasteiger partial charge in [0.15, 0.2) is 0 Å². The lowest BCUT2D eigenvalue weighted by Crippen LogP contribution is -2.23. The first-order valence-electron chi connectivity index (χ1n) is 5.87. The first-order valence-corrected chi connectivity index (χ1v) is 5.87. The molecule has 0 aliphatic rings. The maximum absolute atomic E-state index is 11.6. The van der Waals surface area contributed by atoms with Gasteiger partial charge < -0.3 is 10.2 Å². The highest BCUT2D eigenvalue weighted by molar-refractivity contribution is 5.85. The molecule has 0 aliphatic carbocycles. The smallest absolute Gasteiger partial charge is 0.295 e. The van der Waals surface area contributed by atoms with E-state index in [1.165, 1.54) is 18.3 Å². The summed E-state index contributed by atoms with van der Waals surface area (Å²) >= 11 is 0. The zero-order valence-electron chi connectivity index (χ0n) is 11.0. The van der Waals surface area contributed by atoms with Crippen LogP contribution in [0.15, 0.2) is 29.6 Å². The van der Waals surface area contributed by atoms with Crippen LogP contribution in [-0.2, 0) is 11.3 Å². The van der Waals surface area contributed by atoms with Gasteiger partial charge in [-0.2, -0.15) is 10.1 Å². The summed E-state index contributed by atoms with van der Waals surface area (Å²) in [4.78, 5) is 15.1. The molecule has 0 fully saturated rings. The van der Waals surface area contributed by atoms with E-state index < -0.39 is 5.91 Å². The summed E-state index contributed by atoms with van der Waals surface area (Å²) in [5.74, 6) is -1.22. The van der Waals surface area contributed by atoms with Gasteiger partial charge in [-0.1, -0.05) is 5.23 Å². The quantitative estimate of drug-likeness (QED) is 0.363. The van der Waals surface area contributed by atoms with Gasteiger partial charge in [0.2, 0.25) is 0 Å². The minimum atomic E-state index is -0.548. The monoisotopic (exact) mass is 308 g/mol. The van der Waals surface area contributed by atoms with Crippen LogP contribution < -0.4 is 10.7 Å². The Kier molecular flexibility index (Phi) is 4.50. The Morgan fingerprint density at radius 1 is 1.41 bits per heavy atom. The molecular weight excluding hydrogens is 296 g/mol. The average Bonchev–Trinajstić information content (AvgIpc) is 2.90. The molecule has 0 atom stereocenters. The Morgan fingerprint density at radius 2 is 2.18 bits per heavy atom. The SMILES string of the molecule is O=C(Cn1cnc(N(O)O)n1)NN=Cc1ccc(O)cc1O. The third kappa shape index (κ3) is 3.91. The van der Waals surface area contributed by atoms with Crippen molar-refractivity contribution in [3.63, 3.8) is 0 Å². The van der Waals surface area contributed by atoms with Crippen molar-refractivity contribution in [3.05, 3.63) is 30.1 Å². The standard InChI is InChI=1S/C11H12N6O5/c18-8-2-1-7(9(19)3-8)4-13-14-10(20)5-16-6-12-11(15-16)17(21)22/h1-4,6,18-19,21-22H,5H2,(H,14,20). The van der Waals surface area contributed by atoms with Crippen LogP contribution in [-0.4, -0.2) is 47.5 Å². The lowest BCUT2D eigenvalue weighted by atomic mass is 10.2. The molecule has 0 saturated heterocycles. The van der Waals surface area contributed by atoms with Crippen LogP contribution in [0.25, 0.3) is 0 Å². The van der Waals surface area contributed by atoms with E-state index in [-0.39, 0.29) is 29.2 Å². The van der Waals surface area contributed by atoms with Crippen molar-refractivity contribution < 1.29 is 25.4 Å². The van der Waals surface area contributed by atoms with E-state index in [2.05, 4.69) is 20.6 Å². The molecular formula is C11H12N6O5. The normalized spacial score (nSPS) is 10.8. The molecule has 0 unspecified atom stereocenters. The summed E-state index contributed by atoms with van der Waals surface area (Å²) in [6.45, 7) is -0.250. The van der Waals surface area contributed by atoms with Gasteiger partial charge in [-0.05, 0) is 12.1 Å². The molecule has 5 N–H and O–H groups in total. The number of hydrogen-bond acceptors (Lipinski definition) is 9. The summed E-state index contributed by atoms with van der Waals surface area (Å²) in [6, 6.07) is 3.91. The number of carbonyl (C=O) groups excluding carboxylic acids is 1. The average molecular weight is 308 g/mol. The summed E-state index contributed by atoms with van der Waals surface area (Å²) in [6.07, 6.45) is 2.33. The van der Waals surface area contributed by atoms with Gasteiger partial charge >= 0.3 is 0 Å². The molecule has 1 aromatic carbocycles. The summed E-state index contributed by atoms with van der Waals surface area (Å²) in [7, 11) is 0. The number of rotatable bonds is 5. The predicted octanol–water partition coefficient (Wildman–Crippen LogP) is -0.576. The third-order valence-electron chi connectivity index (χ3n) is 2.42. The Balaban J connectivity index is 1.90. The lowest BCUT2D eigenvalue weighted by molar-refractivity contribution is -0.121. The molecule has 0 aliphatic heterocycles. The highest BCUT2D eigenvalue weighted by Gasteiger charge is 2.08. The number of phenolic OH excluding ortho intramolecular Hbond substituents is 2. The number of hydrogen-bond donors (Lipinski definition) is 5. The van der Waals surface area contributed by atoms with Crippen LogP contribution in [0.1, 0.15) is 5.56 Å². The molecule has 116 valence electrons. The number of amides is 1. The van der Waals surface area contributed by atoms with Gasteiger partial charge in [0.05, 0.1) is 6.21 Å². The van der Waals surface area contributed by atoms with Gasteiger partial charge in [0, 0.05) is 11.6 Å². The van der Waals surface area contributed by atoms with E-state index >= 15 is 0 Å². The zero-order chi connectivity index (χ0) is 16.1. The van der Waals surface area contributed by atoms with E-state index in [9.17, 15) is 9.90 Å². The highest BCUT2D eigenvalue weighted by atomic mass is 16.8. The van der Waals surface area contributed by atoms with E-state index in [0.717, 1.165) is 17.1 Å². The number of hydrazone groups is 1. The van der Waals surface area contributed by atoms with Crippen LogP contribution in [0.3, 0.4) is 0 Å². The van der Waals surface area contributed by atoms with Crippen LogP contribution in [0.4, 0.5) is 5.95 Å². The van der Waals surface area contributed by atoms with Crippen molar-refractivity contribution >= 4 is 18.1 Å². The van der Waals surface area contributed by atoms with Crippen molar-refractivity contribution in [1.82, 2.24) is 20.2 Å². The first-order chi connectivity index (χ1) is 10.5. The fourth-order valence-electron chi connectivity index (χ4n) is 1.45. The Bertz CT molecular complexity index is 698. The van der Waals surface area contributed by atoms with Gasteiger partial charge in [-0.15, -0.1) is 5.10 Å². The van der Waals surface area contributed by atoms with Crippen LogP contribution in [0.2, 0.25) is 0 Å². The van der Waals surface area contributed by atoms with Crippen molar-refractivity contribution in [2.45, 2.75) is 6.54 Å². The summed E-state index contributed by atoms with van der Waals surface area (Å²) in [5, 5.41) is 42.9. The minimum Gasteiger partial charge on any atom is -0.508 e. The molecule has 2 aromatic rings. The van der Waals surface area contributed by atoms with Crippen molar-refractivity contribution in [1.29, 1.82) is 0 Å². The summed E-state index contributed by atoms with van der Waals surface area (Å²) < 4.78 is 1.07. The lowest BCUT2D eigenvalue weighted by Gasteiger charge is -2.01. The maximum Gasteiger partial charge on any atom is 0.295 e. The van der Waals surface area contributed by atoms with Crippen LogP contribution >= 0.6 is 0 Å². The second-order valence-corrected chi connectivity index (χ2v) is 4.07. The molecule has 11 nitrogen and oxygen atoms in total. The second kappa shape index (κ2) is 6.51. The minimum absolute atomic E-state index is 0.0949. The second-order valence-electron chi connectivity index (χ2n) is 4.07. The molecule has 1 heterocycles. The Morgan fingerprint density at radius 3 is 2.82 bits per heavy atom. The number of nitrogens with one attached hydrogen (secondary N) is 1.